The summed E-state index contributed by atoms with van der Waals surface area (Å²) < 4.78 is 87.8. The Morgan fingerprint density at radius 1 is 0.446 bits per heavy atom. The molecule has 408 valence electrons. The Morgan fingerprint density at radius 3 is 1.15 bits per heavy atom. The maximum absolute atomic E-state index is 14.2. The summed E-state index contributed by atoms with van der Waals surface area (Å²) in [5.74, 6) is -10.4. The minimum atomic E-state index is -2.08. The second kappa shape index (κ2) is 26.4. The fraction of sp³-hybridized carbons (Fsp3) is 0.630. The minimum Gasteiger partial charge on any atom is -0.463 e. The highest BCUT2D eigenvalue weighted by Gasteiger charge is 2.61. The molecule has 15 atom stereocenters. The van der Waals surface area contributed by atoms with Crippen molar-refractivity contribution in [1.29, 1.82) is 0 Å². The van der Waals surface area contributed by atoms with Gasteiger partial charge in [0.1, 0.15) is 56.4 Å². The van der Waals surface area contributed by atoms with Crippen LogP contribution in [0.2, 0.25) is 0 Å². The van der Waals surface area contributed by atoms with Crippen molar-refractivity contribution in [2.75, 3.05) is 31.8 Å². The number of nitrogens with zero attached hydrogens (tertiary/aromatic N) is 1. The minimum absolute atomic E-state index is 0.0244. The van der Waals surface area contributed by atoms with E-state index in [0.717, 1.165) is 67.2 Å². The maximum Gasteiger partial charge on any atom is 0.303 e. The van der Waals surface area contributed by atoms with Gasteiger partial charge in [-0.2, -0.15) is 0 Å². The van der Waals surface area contributed by atoms with E-state index in [-0.39, 0.29) is 23.1 Å². The maximum atomic E-state index is 14.2. The number of halogens is 1. The Balaban J connectivity index is 1.68. The number of amides is 2. The monoisotopic (exact) mass is 1120 g/mol. The van der Waals surface area contributed by atoms with Crippen molar-refractivity contribution in [2.24, 2.45) is 0 Å². The molecule has 0 spiro atoms. The highest BCUT2D eigenvalue weighted by atomic mass is 79.9. The van der Waals surface area contributed by atoms with Crippen molar-refractivity contribution in [2.45, 2.75) is 154 Å². The molecule has 0 saturated carbocycles. The summed E-state index contributed by atoms with van der Waals surface area (Å²) in [6.07, 6.45) is -25.4. The summed E-state index contributed by atoms with van der Waals surface area (Å²) in [5.41, 5.74) is -0.0489. The first-order chi connectivity index (χ1) is 34.9. The lowest BCUT2D eigenvalue weighted by molar-refractivity contribution is -0.376. The van der Waals surface area contributed by atoms with E-state index in [1.165, 1.54) is 24.3 Å². The number of alkyl halides is 1. The van der Waals surface area contributed by atoms with Crippen molar-refractivity contribution in [3.8, 4) is 0 Å². The lowest BCUT2D eigenvalue weighted by Crippen LogP contribution is -2.70. The Hall–Kier alpha value is -6.17. The van der Waals surface area contributed by atoms with Crippen molar-refractivity contribution < 1.29 is 124 Å². The molecule has 4 heterocycles. The van der Waals surface area contributed by atoms with E-state index in [4.69, 9.17) is 71.1 Å². The second-order valence-electron chi connectivity index (χ2n) is 16.8. The zero-order valence-corrected chi connectivity index (χ0v) is 43.0. The normalized spacial score (nSPS) is 30.4. The molecule has 0 aliphatic carbocycles. The van der Waals surface area contributed by atoms with Crippen molar-refractivity contribution >= 4 is 81.5 Å². The highest BCUT2D eigenvalue weighted by Crippen LogP contribution is 2.40. The lowest BCUT2D eigenvalue weighted by atomic mass is 9.93. The summed E-state index contributed by atoms with van der Waals surface area (Å²) in [5, 5.41) is 0.191. The van der Waals surface area contributed by atoms with Crippen LogP contribution in [0.25, 0.3) is 0 Å². The summed E-state index contributed by atoms with van der Waals surface area (Å²) in [6, 6.07) is 4.12. The number of ether oxygens (including phenoxy) is 15. The number of hydrogen-bond acceptors (Lipinski definition) is 26. The molecule has 2 amide bonds. The van der Waals surface area contributed by atoms with Crippen molar-refractivity contribution in [3.05, 3.63) is 35.4 Å². The van der Waals surface area contributed by atoms with E-state index in [1.807, 2.05) is 0 Å². The third-order valence-corrected chi connectivity index (χ3v) is 11.4. The van der Waals surface area contributed by atoms with Gasteiger partial charge in [-0.05, 0) is 12.1 Å². The molecule has 0 N–H and O–H groups in total. The molecule has 0 aromatic heterocycles. The van der Waals surface area contributed by atoms with Crippen LogP contribution in [-0.2, 0) is 114 Å². The quantitative estimate of drug-likeness (QED) is 0.0733. The number of carbonyl (C=O) groups is 11. The first-order valence-electron chi connectivity index (χ1n) is 22.8. The van der Waals surface area contributed by atoms with Gasteiger partial charge in [-0.15, -0.1) is 0 Å². The number of imide groups is 1. The topological polar surface area (TPSA) is 329 Å². The van der Waals surface area contributed by atoms with Gasteiger partial charge in [0.05, 0.1) is 17.7 Å². The van der Waals surface area contributed by atoms with Crippen molar-refractivity contribution in [3.63, 3.8) is 0 Å². The van der Waals surface area contributed by atoms with Gasteiger partial charge in [-0.25, -0.2) is 0 Å². The fourth-order valence-electron chi connectivity index (χ4n) is 8.50. The summed E-state index contributed by atoms with van der Waals surface area (Å²) >= 11 is 3.26. The number of fused-ring (bicyclic) bond motifs is 1. The predicted octanol–water partition coefficient (Wildman–Crippen LogP) is 0.287. The van der Waals surface area contributed by atoms with Crippen LogP contribution in [0.3, 0.4) is 0 Å². The van der Waals surface area contributed by atoms with Crippen LogP contribution >= 0.6 is 15.9 Å². The van der Waals surface area contributed by atoms with Crippen LogP contribution in [-0.4, -0.2) is 194 Å². The van der Waals surface area contributed by atoms with E-state index >= 15 is 0 Å². The molecule has 74 heavy (non-hydrogen) atoms. The number of carbonyl (C=O) groups excluding carboxylic acids is 11. The van der Waals surface area contributed by atoms with Gasteiger partial charge in [0.15, 0.2) is 55.5 Å². The Bertz CT molecular complexity index is 2260. The first-order valence-corrected chi connectivity index (χ1v) is 23.9. The smallest absolute Gasteiger partial charge is 0.303 e. The third kappa shape index (κ3) is 15.0. The Labute approximate surface area is 430 Å². The average Bonchev–Trinajstić information content (AvgIpc) is 3.54. The number of rotatable bonds is 20. The molecule has 3 fully saturated rings. The molecular weight excluding hydrogens is 1060 g/mol. The van der Waals surface area contributed by atoms with Crippen molar-refractivity contribution in [1.82, 2.24) is 4.90 Å². The molecule has 3 saturated heterocycles. The number of esters is 9. The molecule has 0 unspecified atom stereocenters. The average molecular weight is 1120 g/mol. The SMILES string of the molecule is CC(=O)OC[C@H]1O[C@@H](O[C@@H]2[C@H](OC(C)=O)[C@@H](OC(C)=O)[C@H](O[C@H]3[C@H](OC(C)=O)[C@H](N4C(=O)c5ccccc5C4=O)[C@@H](OCCBr)O[C@@H]3COC(C)=O)O[C@@H]2COC(C)=O)[C@H](OC(C)=O)[C@@H](OC(C)=O)[C@H]1OC(C)=O. The van der Waals surface area contributed by atoms with Crippen LogP contribution < -0.4 is 0 Å². The third-order valence-electron chi connectivity index (χ3n) is 11.0. The van der Waals surface area contributed by atoms with Crippen LogP contribution in [0.1, 0.15) is 83.0 Å². The molecule has 0 radical (unpaired) electrons. The largest absolute Gasteiger partial charge is 0.463 e. The standard InChI is InChI=1S/C46H56BrNO26/c1-19(49)61-16-30-34(37(65-23(5)53)33(44(70-30)60-15-14-47)48-42(58)28-12-10-11-13-29(28)43(48)59)73-45-41(69-27(9)57)39(67-25(7)55)36(32(72-45)18-63-21(3)51)74-46-40(68-26(8)56)38(66-24(6)54)35(64-22(4)52)31(71-46)17-62-20(2)50/h10-13,30-41,44-46H,14-18H2,1-9H3/t30-,31-,32-,33+,34-,35+,36+,37-,38+,39+,40-,41-,44+,45+,46+/m1/s1. The molecule has 27 nitrogen and oxygen atoms in total. The van der Waals surface area contributed by atoms with Gasteiger partial charge in [0, 0.05) is 67.6 Å². The number of benzene rings is 1. The van der Waals surface area contributed by atoms with E-state index in [0.29, 0.717) is 0 Å². The Kier molecular flexibility index (Phi) is 20.9. The van der Waals surface area contributed by atoms with Crippen LogP contribution in [0.5, 0.6) is 0 Å². The fourth-order valence-corrected chi connectivity index (χ4v) is 8.69. The molecule has 4 aliphatic heterocycles. The molecular formula is C46H56BrNO26. The van der Waals surface area contributed by atoms with Gasteiger partial charge in [0.25, 0.3) is 11.8 Å². The van der Waals surface area contributed by atoms with Gasteiger partial charge in [-0.1, -0.05) is 28.1 Å². The van der Waals surface area contributed by atoms with Gasteiger partial charge < -0.3 is 71.1 Å². The van der Waals surface area contributed by atoms with E-state index in [9.17, 15) is 52.7 Å². The molecule has 1 aromatic rings. The van der Waals surface area contributed by atoms with E-state index < -0.39 is 177 Å². The second-order valence-corrected chi connectivity index (χ2v) is 17.6. The number of hydrogen-bond donors (Lipinski definition) is 0. The zero-order chi connectivity index (χ0) is 54.7. The Morgan fingerprint density at radius 2 is 0.770 bits per heavy atom. The lowest BCUT2D eigenvalue weighted by Gasteiger charge is -2.51. The summed E-state index contributed by atoms with van der Waals surface area (Å²) in [7, 11) is 0. The summed E-state index contributed by atoms with van der Waals surface area (Å²) in [4.78, 5) is 143. The van der Waals surface area contributed by atoms with Gasteiger partial charge in [0.2, 0.25) is 0 Å². The first kappa shape index (κ1) is 58.7. The van der Waals surface area contributed by atoms with Crippen LogP contribution in [0.15, 0.2) is 24.3 Å². The molecule has 5 rings (SSSR count). The van der Waals surface area contributed by atoms with Gasteiger partial charge in [-0.3, -0.25) is 57.6 Å². The highest BCUT2D eigenvalue weighted by molar-refractivity contribution is 9.09. The van der Waals surface area contributed by atoms with Crippen LogP contribution in [0.4, 0.5) is 0 Å². The predicted molar refractivity (Wildman–Crippen MR) is 239 cm³/mol. The molecule has 4 aliphatic rings. The summed E-state index contributed by atoms with van der Waals surface area (Å²) in [6.45, 7) is 6.65. The molecule has 1 aromatic carbocycles. The zero-order valence-electron chi connectivity index (χ0n) is 41.4. The molecule has 0 bridgehead atoms. The van der Waals surface area contributed by atoms with E-state index in [2.05, 4.69) is 15.9 Å². The molecule has 28 heteroatoms. The van der Waals surface area contributed by atoms with Crippen LogP contribution in [0, 0.1) is 0 Å². The van der Waals surface area contributed by atoms with E-state index in [1.54, 1.807) is 0 Å². The van der Waals surface area contributed by atoms with Gasteiger partial charge >= 0.3 is 53.7 Å².